The third-order valence-corrected chi connectivity index (χ3v) is 4.99. The molecule has 0 aliphatic heterocycles. The van der Waals surface area contributed by atoms with Crippen molar-refractivity contribution < 1.29 is 9.53 Å². The molecule has 0 spiro atoms. The molecule has 0 heterocycles. The first kappa shape index (κ1) is 20.4. The predicted octanol–water partition coefficient (Wildman–Crippen LogP) is 5.60. The van der Waals surface area contributed by atoms with E-state index in [0.29, 0.717) is 28.5 Å². The number of halogens is 2. The molecular weight excluding hydrogens is 487 g/mol. The minimum atomic E-state index is -0.266. The van der Waals surface area contributed by atoms with Crippen LogP contribution >= 0.6 is 34.2 Å². The van der Waals surface area contributed by atoms with Gasteiger partial charge in [-0.1, -0.05) is 41.9 Å². The second-order valence-electron chi connectivity index (χ2n) is 6.11. The highest BCUT2D eigenvalue weighted by atomic mass is 127. The second kappa shape index (κ2) is 9.71. The van der Waals surface area contributed by atoms with Gasteiger partial charge in [-0.05, 0) is 77.0 Å². The summed E-state index contributed by atoms with van der Waals surface area (Å²) < 4.78 is 7.09. The number of nitrogens with one attached hydrogen (secondary N) is 1. The van der Waals surface area contributed by atoms with Crippen molar-refractivity contribution in [2.24, 2.45) is 5.10 Å². The van der Waals surface area contributed by atoms with Gasteiger partial charge in [-0.3, -0.25) is 4.79 Å². The van der Waals surface area contributed by atoms with E-state index in [1.807, 2.05) is 49.4 Å². The van der Waals surface area contributed by atoms with Crippen LogP contribution in [0.25, 0.3) is 0 Å². The number of benzene rings is 3. The van der Waals surface area contributed by atoms with Crippen LogP contribution in [0.2, 0.25) is 5.02 Å². The number of hydrazone groups is 1. The lowest BCUT2D eigenvalue weighted by molar-refractivity contribution is 0.0954. The van der Waals surface area contributed by atoms with Crippen LogP contribution in [0.1, 0.15) is 27.0 Å². The van der Waals surface area contributed by atoms with Gasteiger partial charge >= 0.3 is 0 Å². The molecule has 142 valence electrons. The van der Waals surface area contributed by atoms with Crippen LogP contribution in [0.15, 0.2) is 71.8 Å². The van der Waals surface area contributed by atoms with Crippen LogP contribution in [0, 0.1) is 10.5 Å². The van der Waals surface area contributed by atoms with Gasteiger partial charge in [-0.2, -0.15) is 5.10 Å². The van der Waals surface area contributed by atoms with Gasteiger partial charge < -0.3 is 4.74 Å². The van der Waals surface area contributed by atoms with Gasteiger partial charge in [-0.15, -0.1) is 0 Å². The van der Waals surface area contributed by atoms with Crippen LogP contribution in [-0.4, -0.2) is 12.1 Å². The fraction of sp³-hybridized carbons (Fsp3) is 0.0909. The highest BCUT2D eigenvalue weighted by Gasteiger charge is 2.07. The predicted molar refractivity (Wildman–Crippen MR) is 121 cm³/mol. The Labute approximate surface area is 182 Å². The van der Waals surface area contributed by atoms with Gasteiger partial charge in [0.1, 0.15) is 12.4 Å². The first-order valence-corrected chi connectivity index (χ1v) is 10.0. The van der Waals surface area contributed by atoms with Gasteiger partial charge in [-0.25, -0.2) is 5.43 Å². The lowest BCUT2D eigenvalue weighted by Crippen LogP contribution is -2.18. The number of ether oxygens (including phenoxy) is 1. The molecule has 0 bridgehead atoms. The van der Waals surface area contributed by atoms with Crippen molar-refractivity contribution in [1.29, 1.82) is 0 Å². The molecule has 0 aliphatic carbocycles. The molecule has 0 radical (unpaired) electrons. The van der Waals surface area contributed by atoms with Crippen LogP contribution < -0.4 is 10.2 Å². The monoisotopic (exact) mass is 504 g/mol. The highest BCUT2D eigenvalue weighted by Crippen LogP contribution is 2.22. The van der Waals surface area contributed by atoms with E-state index in [1.165, 1.54) is 9.78 Å². The molecule has 1 N–H and O–H groups in total. The topological polar surface area (TPSA) is 50.7 Å². The fourth-order valence-electron chi connectivity index (χ4n) is 2.54. The zero-order valence-electron chi connectivity index (χ0n) is 15.2. The van der Waals surface area contributed by atoms with Crippen LogP contribution in [-0.2, 0) is 6.61 Å². The number of nitrogens with zero attached hydrogens (tertiary/aromatic N) is 1. The normalized spacial score (nSPS) is 10.8. The zero-order chi connectivity index (χ0) is 19.9. The smallest absolute Gasteiger partial charge is 0.271 e. The van der Waals surface area contributed by atoms with Crippen LogP contribution in [0.5, 0.6) is 5.75 Å². The SMILES string of the molecule is Cc1ccccc1C(=O)N/N=C/c1cc(Cl)ccc1OCc1ccc(I)cc1. The minimum Gasteiger partial charge on any atom is -0.488 e. The number of amides is 1. The summed E-state index contributed by atoms with van der Waals surface area (Å²) >= 11 is 8.37. The molecule has 1 amide bonds. The Morgan fingerprint density at radius 1 is 1.14 bits per heavy atom. The number of hydrogen-bond donors (Lipinski definition) is 1. The fourth-order valence-corrected chi connectivity index (χ4v) is 3.08. The molecule has 3 aromatic carbocycles. The van der Waals surface area contributed by atoms with Crippen molar-refractivity contribution in [2.75, 3.05) is 0 Å². The van der Waals surface area contributed by atoms with Crippen molar-refractivity contribution in [3.05, 3.63) is 97.6 Å². The van der Waals surface area contributed by atoms with E-state index in [2.05, 4.69) is 33.1 Å². The van der Waals surface area contributed by atoms with Gasteiger partial charge in [0.25, 0.3) is 5.91 Å². The third-order valence-electron chi connectivity index (χ3n) is 4.04. The summed E-state index contributed by atoms with van der Waals surface area (Å²) in [5.41, 5.74) is 5.76. The van der Waals surface area contributed by atoms with E-state index in [4.69, 9.17) is 16.3 Å². The van der Waals surface area contributed by atoms with Gasteiger partial charge in [0.15, 0.2) is 0 Å². The highest BCUT2D eigenvalue weighted by molar-refractivity contribution is 14.1. The maximum Gasteiger partial charge on any atom is 0.271 e. The Morgan fingerprint density at radius 3 is 2.64 bits per heavy atom. The third kappa shape index (κ3) is 5.56. The van der Waals surface area contributed by atoms with E-state index < -0.39 is 0 Å². The van der Waals surface area contributed by atoms with Crippen LogP contribution in [0.3, 0.4) is 0 Å². The first-order chi connectivity index (χ1) is 13.5. The van der Waals surface area contributed by atoms with Gasteiger partial charge in [0.05, 0.1) is 6.21 Å². The molecule has 4 nitrogen and oxygen atoms in total. The summed E-state index contributed by atoms with van der Waals surface area (Å²) in [4.78, 5) is 12.3. The maximum absolute atomic E-state index is 12.3. The first-order valence-electron chi connectivity index (χ1n) is 8.59. The Kier molecular flexibility index (Phi) is 7.06. The molecule has 28 heavy (non-hydrogen) atoms. The Hall–Kier alpha value is -2.38. The van der Waals surface area contributed by atoms with Crippen molar-refractivity contribution in [3.63, 3.8) is 0 Å². The second-order valence-corrected chi connectivity index (χ2v) is 7.79. The zero-order valence-corrected chi connectivity index (χ0v) is 18.1. The number of hydrogen-bond acceptors (Lipinski definition) is 3. The van der Waals surface area contributed by atoms with Gasteiger partial charge in [0.2, 0.25) is 0 Å². The molecular formula is C22H18ClIN2O2. The molecule has 0 aliphatic rings. The van der Waals surface area contributed by atoms with E-state index in [-0.39, 0.29) is 5.91 Å². The number of carbonyl (C=O) groups excluding carboxylic acids is 1. The van der Waals surface area contributed by atoms with E-state index in [0.717, 1.165) is 11.1 Å². The largest absolute Gasteiger partial charge is 0.488 e. The van der Waals surface area contributed by atoms with Crippen molar-refractivity contribution in [3.8, 4) is 5.75 Å². The van der Waals surface area contributed by atoms with Crippen molar-refractivity contribution in [1.82, 2.24) is 5.43 Å². The lowest BCUT2D eigenvalue weighted by atomic mass is 10.1. The number of aryl methyl sites for hydroxylation is 1. The van der Waals surface area contributed by atoms with Crippen LogP contribution in [0.4, 0.5) is 0 Å². The summed E-state index contributed by atoms with van der Waals surface area (Å²) in [6.45, 7) is 2.31. The molecule has 0 fully saturated rings. The summed E-state index contributed by atoms with van der Waals surface area (Å²) in [5, 5.41) is 4.63. The molecule has 0 saturated carbocycles. The molecule has 0 saturated heterocycles. The maximum atomic E-state index is 12.3. The average molecular weight is 505 g/mol. The molecule has 6 heteroatoms. The van der Waals surface area contributed by atoms with Gasteiger partial charge in [0, 0.05) is 19.7 Å². The van der Waals surface area contributed by atoms with E-state index in [9.17, 15) is 4.79 Å². The molecule has 0 aromatic heterocycles. The van der Waals surface area contributed by atoms with E-state index >= 15 is 0 Å². The Balaban J connectivity index is 1.69. The Bertz CT molecular complexity index is 1000. The quantitative estimate of drug-likeness (QED) is 0.270. The average Bonchev–Trinajstić information content (AvgIpc) is 2.69. The minimum absolute atomic E-state index is 0.266. The molecule has 3 aromatic rings. The van der Waals surface area contributed by atoms with Crippen molar-refractivity contribution in [2.45, 2.75) is 13.5 Å². The van der Waals surface area contributed by atoms with Crippen molar-refractivity contribution >= 4 is 46.3 Å². The lowest BCUT2D eigenvalue weighted by Gasteiger charge is -2.10. The molecule has 0 unspecified atom stereocenters. The Morgan fingerprint density at radius 2 is 1.89 bits per heavy atom. The molecule has 3 rings (SSSR count). The number of carbonyl (C=O) groups is 1. The van der Waals surface area contributed by atoms with E-state index in [1.54, 1.807) is 24.3 Å². The summed E-state index contributed by atoms with van der Waals surface area (Å²) in [6.07, 6.45) is 1.53. The summed E-state index contributed by atoms with van der Waals surface area (Å²) in [7, 11) is 0. The number of rotatable bonds is 6. The summed E-state index contributed by atoms with van der Waals surface area (Å²) in [5.74, 6) is 0.370. The summed E-state index contributed by atoms with van der Waals surface area (Å²) in [6, 6.07) is 20.7. The molecule has 0 atom stereocenters. The standard InChI is InChI=1S/C22H18ClIN2O2/c1-15-4-2-3-5-20(15)22(27)26-25-13-17-12-18(23)8-11-21(17)28-14-16-6-9-19(24)10-7-16/h2-13H,14H2,1H3,(H,26,27)/b25-13+.